The fraction of sp³-hybridized carbons (Fsp3) is 0.650. The van der Waals surface area contributed by atoms with E-state index in [1.807, 2.05) is 0 Å². The Morgan fingerprint density at radius 1 is 1.20 bits per heavy atom. The minimum Gasteiger partial charge on any atom is -0.381 e. The topological polar surface area (TPSA) is 44.8 Å². The van der Waals surface area contributed by atoms with Crippen molar-refractivity contribution in [2.45, 2.75) is 44.8 Å². The third kappa shape index (κ3) is 5.80. The van der Waals surface area contributed by atoms with Gasteiger partial charge in [-0.3, -0.25) is 14.6 Å². The molecular weight excluding hydrogens is 314 g/mol. The molecule has 1 amide bonds. The summed E-state index contributed by atoms with van der Waals surface area (Å²) in [6.07, 6.45) is 2.99. The lowest BCUT2D eigenvalue weighted by Gasteiger charge is -2.30. The molecule has 138 valence electrons. The minimum atomic E-state index is 0.162. The zero-order chi connectivity index (χ0) is 17.5. The summed E-state index contributed by atoms with van der Waals surface area (Å²) in [7, 11) is 0. The van der Waals surface area contributed by atoms with E-state index in [0.29, 0.717) is 12.6 Å². The summed E-state index contributed by atoms with van der Waals surface area (Å²) >= 11 is 0. The number of hydrogen-bond donors (Lipinski definition) is 1. The van der Waals surface area contributed by atoms with Crippen LogP contribution in [-0.4, -0.2) is 67.2 Å². The molecule has 2 aliphatic rings. The molecule has 0 radical (unpaired) electrons. The second kappa shape index (κ2) is 9.32. The van der Waals surface area contributed by atoms with E-state index in [4.69, 9.17) is 4.74 Å². The van der Waals surface area contributed by atoms with Crippen LogP contribution in [-0.2, 0) is 16.1 Å². The Balaban J connectivity index is 1.47. The third-order valence-electron chi connectivity index (χ3n) is 5.25. The van der Waals surface area contributed by atoms with Crippen molar-refractivity contribution in [2.75, 3.05) is 39.4 Å². The number of nitrogens with one attached hydrogen (secondary N) is 1. The first kappa shape index (κ1) is 18.4. The molecule has 0 aromatic heterocycles. The van der Waals surface area contributed by atoms with Crippen molar-refractivity contribution in [1.29, 1.82) is 0 Å². The van der Waals surface area contributed by atoms with Crippen LogP contribution in [0.5, 0.6) is 0 Å². The molecular formula is C20H31N3O2. The second-order valence-corrected chi connectivity index (χ2v) is 7.35. The van der Waals surface area contributed by atoms with Gasteiger partial charge in [0.1, 0.15) is 0 Å². The zero-order valence-electron chi connectivity index (χ0n) is 15.3. The van der Waals surface area contributed by atoms with E-state index >= 15 is 0 Å². The van der Waals surface area contributed by atoms with Gasteiger partial charge in [0.15, 0.2) is 0 Å². The molecule has 5 heteroatoms. The Kier molecular flexibility index (Phi) is 6.84. The highest BCUT2D eigenvalue weighted by molar-refractivity contribution is 5.78. The second-order valence-electron chi connectivity index (χ2n) is 7.35. The Labute approximate surface area is 151 Å². The average molecular weight is 345 g/mol. The van der Waals surface area contributed by atoms with Gasteiger partial charge in [-0.25, -0.2) is 0 Å². The van der Waals surface area contributed by atoms with E-state index in [1.54, 1.807) is 0 Å². The van der Waals surface area contributed by atoms with Crippen LogP contribution in [0.2, 0.25) is 0 Å². The van der Waals surface area contributed by atoms with E-state index < -0.39 is 0 Å². The molecule has 0 spiro atoms. The number of carbonyl (C=O) groups excluding carboxylic acids is 1. The van der Waals surface area contributed by atoms with Gasteiger partial charge >= 0.3 is 0 Å². The highest BCUT2D eigenvalue weighted by Gasteiger charge is 2.24. The maximum Gasteiger partial charge on any atom is 0.234 e. The number of carbonyl (C=O) groups is 1. The van der Waals surface area contributed by atoms with Crippen molar-refractivity contribution in [3.63, 3.8) is 0 Å². The van der Waals surface area contributed by atoms with E-state index in [1.165, 1.54) is 5.56 Å². The number of rotatable bonds is 5. The lowest BCUT2D eigenvalue weighted by molar-refractivity contribution is -0.124. The highest BCUT2D eigenvalue weighted by atomic mass is 16.5. The lowest BCUT2D eigenvalue weighted by Crippen LogP contribution is -2.47. The Morgan fingerprint density at radius 3 is 2.72 bits per heavy atom. The van der Waals surface area contributed by atoms with Crippen molar-refractivity contribution in [3.05, 3.63) is 35.9 Å². The molecule has 5 nitrogen and oxygen atoms in total. The molecule has 2 fully saturated rings. The van der Waals surface area contributed by atoms with Gasteiger partial charge in [-0.1, -0.05) is 30.3 Å². The summed E-state index contributed by atoms with van der Waals surface area (Å²) < 4.78 is 5.36. The largest absolute Gasteiger partial charge is 0.381 e. The number of nitrogens with zero attached hydrogens (tertiary/aromatic N) is 2. The van der Waals surface area contributed by atoms with Crippen molar-refractivity contribution in [3.8, 4) is 0 Å². The molecule has 0 bridgehead atoms. The van der Waals surface area contributed by atoms with Crippen LogP contribution in [0.3, 0.4) is 0 Å². The first-order valence-corrected chi connectivity index (χ1v) is 9.58. The molecule has 0 unspecified atom stereocenters. The van der Waals surface area contributed by atoms with Crippen LogP contribution in [0, 0.1) is 0 Å². The third-order valence-corrected chi connectivity index (χ3v) is 5.25. The molecule has 2 aliphatic heterocycles. The average Bonchev–Trinajstić information content (AvgIpc) is 2.78. The van der Waals surface area contributed by atoms with Gasteiger partial charge in [-0.2, -0.15) is 0 Å². The predicted octanol–water partition coefficient (Wildman–Crippen LogP) is 1.88. The Bertz CT molecular complexity index is 531. The maximum absolute atomic E-state index is 12.4. The van der Waals surface area contributed by atoms with Crippen LogP contribution in [0.1, 0.15) is 31.7 Å². The van der Waals surface area contributed by atoms with Crippen LogP contribution in [0.15, 0.2) is 30.3 Å². The summed E-state index contributed by atoms with van der Waals surface area (Å²) in [6.45, 7) is 8.37. The van der Waals surface area contributed by atoms with Gasteiger partial charge in [0.25, 0.3) is 0 Å². The van der Waals surface area contributed by atoms with Crippen LogP contribution >= 0.6 is 0 Å². The normalized spacial score (nSPS) is 24.0. The molecule has 1 aromatic rings. The van der Waals surface area contributed by atoms with Gasteiger partial charge < -0.3 is 10.1 Å². The van der Waals surface area contributed by atoms with Gasteiger partial charge in [0.2, 0.25) is 5.91 Å². The van der Waals surface area contributed by atoms with Gasteiger partial charge in [0, 0.05) is 44.9 Å². The quantitative estimate of drug-likeness (QED) is 0.885. The van der Waals surface area contributed by atoms with E-state index in [9.17, 15) is 4.79 Å². The smallest absolute Gasteiger partial charge is 0.234 e. The molecule has 3 rings (SSSR count). The summed E-state index contributed by atoms with van der Waals surface area (Å²) in [5.74, 6) is 0.162. The summed E-state index contributed by atoms with van der Waals surface area (Å²) in [5, 5.41) is 3.18. The molecule has 2 saturated heterocycles. The zero-order valence-corrected chi connectivity index (χ0v) is 15.3. The molecule has 0 saturated carbocycles. The first-order chi connectivity index (χ1) is 12.2. The molecule has 1 N–H and O–H groups in total. The summed E-state index contributed by atoms with van der Waals surface area (Å²) in [4.78, 5) is 17.2. The number of amides is 1. The molecule has 1 aromatic carbocycles. The van der Waals surface area contributed by atoms with E-state index in [-0.39, 0.29) is 11.9 Å². The summed E-state index contributed by atoms with van der Waals surface area (Å²) in [5.41, 5.74) is 1.36. The number of ether oxygens (including phenoxy) is 1. The van der Waals surface area contributed by atoms with E-state index in [2.05, 4.69) is 52.4 Å². The molecule has 1 atom stereocenters. The van der Waals surface area contributed by atoms with Gasteiger partial charge in [0.05, 0.1) is 6.54 Å². The van der Waals surface area contributed by atoms with Crippen molar-refractivity contribution in [2.24, 2.45) is 0 Å². The van der Waals surface area contributed by atoms with E-state index in [0.717, 1.165) is 58.7 Å². The lowest BCUT2D eigenvalue weighted by atomic mass is 10.1. The summed E-state index contributed by atoms with van der Waals surface area (Å²) in [6, 6.07) is 11.3. The molecule has 2 heterocycles. The fourth-order valence-electron chi connectivity index (χ4n) is 3.82. The number of hydrogen-bond acceptors (Lipinski definition) is 4. The fourth-order valence-corrected chi connectivity index (χ4v) is 3.82. The Hall–Kier alpha value is -1.43. The van der Waals surface area contributed by atoms with Crippen molar-refractivity contribution in [1.82, 2.24) is 15.1 Å². The highest BCUT2D eigenvalue weighted by Crippen LogP contribution is 2.13. The van der Waals surface area contributed by atoms with Crippen LogP contribution in [0.4, 0.5) is 0 Å². The first-order valence-electron chi connectivity index (χ1n) is 9.58. The van der Waals surface area contributed by atoms with Crippen LogP contribution in [0.25, 0.3) is 0 Å². The van der Waals surface area contributed by atoms with Crippen molar-refractivity contribution >= 4 is 5.91 Å². The minimum absolute atomic E-state index is 0.162. The molecule has 0 aliphatic carbocycles. The predicted molar refractivity (Wildman–Crippen MR) is 99.4 cm³/mol. The Morgan fingerprint density at radius 2 is 1.96 bits per heavy atom. The van der Waals surface area contributed by atoms with Crippen LogP contribution < -0.4 is 5.32 Å². The van der Waals surface area contributed by atoms with Crippen molar-refractivity contribution < 1.29 is 9.53 Å². The van der Waals surface area contributed by atoms with Gasteiger partial charge in [-0.05, 0) is 38.3 Å². The van der Waals surface area contributed by atoms with Gasteiger partial charge in [-0.15, -0.1) is 0 Å². The SMILES string of the molecule is C[C@H]1CN(Cc2ccccc2)CCCN1CC(=O)NC1CCOCC1. The maximum atomic E-state index is 12.4. The monoisotopic (exact) mass is 345 g/mol. The number of benzene rings is 1. The standard InChI is InChI=1S/C20H31N3O2/c1-17-14-22(15-18-6-3-2-4-7-18)10-5-11-23(17)16-20(24)21-19-8-12-25-13-9-19/h2-4,6-7,17,19H,5,8-16H2,1H3,(H,21,24)/t17-/m0/s1. The molecule has 25 heavy (non-hydrogen) atoms.